The van der Waals surface area contributed by atoms with Crippen LogP contribution in [-0.2, 0) is 5.60 Å². The summed E-state index contributed by atoms with van der Waals surface area (Å²) in [5.74, 6) is 0. The maximum atomic E-state index is 10.1. The number of fused-ring (bicyclic) bond motifs is 1. The lowest BCUT2D eigenvalue weighted by Gasteiger charge is -2.27. The molecule has 2 nitrogen and oxygen atoms in total. The molecule has 0 aliphatic carbocycles. The van der Waals surface area contributed by atoms with Crippen molar-refractivity contribution < 1.29 is 5.11 Å². The number of hydrogen-bond donors (Lipinski definition) is 1. The van der Waals surface area contributed by atoms with E-state index >= 15 is 0 Å². The third-order valence-corrected chi connectivity index (χ3v) is 2.34. The Morgan fingerprint density at radius 2 is 2.14 bits per heavy atom. The second kappa shape index (κ2) is 3.95. The first kappa shape index (κ1) is 11.0. The molecule has 1 aliphatic heterocycles. The molecule has 0 bridgehead atoms. The number of benzene rings is 1. The van der Waals surface area contributed by atoms with Crippen molar-refractivity contribution in [3.8, 4) is 0 Å². The maximum absolute atomic E-state index is 10.1. The highest BCUT2D eigenvalue weighted by molar-refractivity contribution is 5.85. The predicted molar refractivity (Wildman–Crippen MR) is 60.6 cm³/mol. The summed E-state index contributed by atoms with van der Waals surface area (Å²) >= 11 is 0. The van der Waals surface area contributed by atoms with E-state index < -0.39 is 5.60 Å². The van der Waals surface area contributed by atoms with E-state index in [1.807, 2.05) is 24.3 Å². The van der Waals surface area contributed by atoms with Gasteiger partial charge in [-0.1, -0.05) is 30.9 Å². The van der Waals surface area contributed by atoms with Crippen molar-refractivity contribution in [2.24, 2.45) is 4.99 Å². The molecule has 1 unspecified atom stereocenters. The van der Waals surface area contributed by atoms with E-state index in [4.69, 9.17) is 0 Å². The lowest BCUT2D eigenvalue weighted by atomic mass is 9.88. The highest BCUT2D eigenvalue weighted by Crippen LogP contribution is 2.36. The van der Waals surface area contributed by atoms with E-state index in [9.17, 15) is 5.11 Å². The van der Waals surface area contributed by atoms with Crippen molar-refractivity contribution in [1.29, 1.82) is 0 Å². The molecule has 0 saturated carbocycles. The molecule has 0 fully saturated rings. The normalized spacial score (nSPS) is 23.5. The third kappa shape index (κ3) is 1.59. The molecule has 2 rings (SSSR count). The first-order valence-electron chi connectivity index (χ1n) is 4.24. The molecular formula is C11H12ClNO. The number of aliphatic hydroxyl groups is 1. The first-order chi connectivity index (χ1) is 6.26. The van der Waals surface area contributed by atoms with Crippen LogP contribution in [0.4, 0.5) is 5.69 Å². The molecule has 0 amide bonds. The van der Waals surface area contributed by atoms with E-state index in [0.29, 0.717) is 6.42 Å². The Morgan fingerprint density at radius 3 is 2.86 bits per heavy atom. The molecule has 1 aromatic rings. The van der Waals surface area contributed by atoms with Gasteiger partial charge in [-0.15, -0.1) is 12.4 Å². The lowest BCUT2D eigenvalue weighted by Crippen LogP contribution is -2.25. The summed E-state index contributed by atoms with van der Waals surface area (Å²) in [6.45, 7) is 3.64. The van der Waals surface area contributed by atoms with Gasteiger partial charge in [0.25, 0.3) is 0 Å². The Morgan fingerprint density at radius 1 is 1.43 bits per heavy atom. The van der Waals surface area contributed by atoms with E-state index in [0.717, 1.165) is 11.3 Å². The quantitative estimate of drug-likeness (QED) is 0.709. The Labute approximate surface area is 89.4 Å². The Bertz CT molecular complexity index is 375. The van der Waals surface area contributed by atoms with Crippen LogP contribution >= 0.6 is 12.4 Å². The number of halogens is 1. The van der Waals surface area contributed by atoms with Crippen molar-refractivity contribution in [3.63, 3.8) is 0 Å². The van der Waals surface area contributed by atoms with Crippen LogP contribution in [0.1, 0.15) is 12.0 Å². The average Bonchev–Trinajstić information content (AvgIpc) is 2.19. The van der Waals surface area contributed by atoms with Crippen molar-refractivity contribution in [3.05, 3.63) is 42.5 Å². The van der Waals surface area contributed by atoms with Gasteiger partial charge in [-0.25, -0.2) is 0 Å². The molecule has 0 radical (unpaired) electrons. The fraction of sp³-hybridized carbons (Fsp3) is 0.182. The largest absolute Gasteiger partial charge is 0.381 e. The van der Waals surface area contributed by atoms with Crippen LogP contribution in [0.2, 0.25) is 0 Å². The summed E-state index contributed by atoms with van der Waals surface area (Å²) in [7, 11) is 0. The molecule has 1 aromatic carbocycles. The number of hydrogen-bond acceptors (Lipinski definition) is 2. The van der Waals surface area contributed by atoms with Crippen LogP contribution in [-0.4, -0.2) is 11.3 Å². The minimum absolute atomic E-state index is 0. The van der Waals surface area contributed by atoms with Gasteiger partial charge < -0.3 is 5.11 Å². The minimum Gasteiger partial charge on any atom is -0.381 e. The van der Waals surface area contributed by atoms with Crippen molar-refractivity contribution in [1.82, 2.24) is 0 Å². The predicted octanol–water partition coefficient (Wildman–Crippen LogP) is 2.59. The smallest absolute Gasteiger partial charge is 0.114 e. The zero-order valence-electron chi connectivity index (χ0n) is 7.68. The lowest BCUT2D eigenvalue weighted by molar-refractivity contribution is 0.0985. The minimum atomic E-state index is -0.932. The molecule has 3 heteroatoms. The van der Waals surface area contributed by atoms with Crippen LogP contribution in [0.5, 0.6) is 0 Å². The van der Waals surface area contributed by atoms with Crippen molar-refractivity contribution in [2.45, 2.75) is 12.0 Å². The van der Waals surface area contributed by atoms with Gasteiger partial charge >= 0.3 is 0 Å². The summed E-state index contributed by atoms with van der Waals surface area (Å²) in [6, 6.07) is 7.58. The summed E-state index contributed by atoms with van der Waals surface area (Å²) in [4.78, 5) is 4.20. The molecule has 74 valence electrons. The molecule has 0 saturated heterocycles. The molecular weight excluding hydrogens is 198 g/mol. The second-order valence-corrected chi connectivity index (χ2v) is 3.16. The Balaban J connectivity index is 0.000000980. The van der Waals surface area contributed by atoms with Crippen LogP contribution in [0.15, 0.2) is 41.9 Å². The molecule has 14 heavy (non-hydrogen) atoms. The number of nitrogens with zero attached hydrogens (tertiary/aromatic N) is 1. The van der Waals surface area contributed by atoms with Gasteiger partial charge in [0.2, 0.25) is 0 Å². The number of para-hydroxylation sites is 1. The van der Waals surface area contributed by atoms with Gasteiger partial charge in [0, 0.05) is 18.2 Å². The summed E-state index contributed by atoms with van der Waals surface area (Å²) in [5.41, 5.74) is 0.738. The van der Waals surface area contributed by atoms with E-state index in [2.05, 4.69) is 11.6 Å². The van der Waals surface area contributed by atoms with Crippen LogP contribution < -0.4 is 0 Å². The van der Waals surface area contributed by atoms with Gasteiger partial charge in [-0.3, -0.25) is 4.99 Å². The molecule has 1 aliphatic rings. The topological polar surface area (TPSA) is 32.6 Å². The van der Waals surface area contributed by atoms with E-state index in [1.54, 1.807) is 12.3 Å². The van der Waals surface area contributed by atoms with Crippen LogP contribution in [0, 0.1) is 0 Å². The van der Waals surface area contributed by atoms with Gasteiger partial charge in [0.05, 0.1) is 5.69 Å². The van der Waals surface area contributed by atoms with E-state index in [-0.39, 0.29) is 12.4 Å². The van der Waals surface area contributed by atoms with Crippen molar-refractivity contribution in [2.75, 3.05) is 0 Å². The molecule has 0 spiro atoms. The van der Waals surface area contributed by atoms with E-state index in [1.165, 1.54) is 0 Å². The molecule has 1 N–H and O–H groups in total. The number of aliphatic imine (C=N–C) groups is 1. The van der Waals surface area contributed by atoms with Crippen LogP contribution in [0.3, 0.4) is 0 Å². The van der Waals surface area contributed by atoms with Gasteiger partial charge in [0.1, 0.15) is 5.60 Å². The molecule has 0 aromatic heterocycles. The van der Waals surface area contributed by atoms with Gasteiger partial charge in [-0.2, -0.15) is 0 Å². The standard InChI is InChI=1S/C11H11NO.ClH/c1-2-11(13)7-8-12-10-6-4-3-5-9(10)11;/h2-6,8,13H,1,7H2;1H. The first-order valence-corrected chi connectivity index (χ1v) is 4.24. The monoisotopic (exact) mass is 209 g/mol. The summed E-state index contributed by atoms with van der Waals surface area (Å²) in [5, 5.41) is 10.1. The second-order valence-electron chi connectivity index (χ2n) is 3.16. The summed E-state index contributed by atoms with van der Waals surface area (Å²) < 4.78 is 0. The average molecular weight is 210 g/mol. The third-order valence-electron chi connectivity index (χ3n) is 2.34. The zero-order valence-corrected chi connectivity index (χ0v) is 8.50. The highest BCUT2D eigenvalue weighted by atomic mass is 35.5. The summed E-state index contributed by atoms with van der Waals surface area (Å²) in [6.07, 6.45) is 3.80. The van der Waals surface area contributed by atoms with Gasteiger partial charge in [0.15, 0.2) is 0 Å². The fourth-order valence-electron chi connectivity index (χ4n) is 1.54. The molecule has 1 atom stereocenters. The van der Waals surface area contributed by atoms with Crippen LogP contribution in [0.25, 0.3) is 0 Å². The maximum Gasteiger partial charge on any atom is 0.114 e. The van der Waals surface area contributed by atoms with Crippen molar-refractivity contribution >= 4 is 24.3 Å². The Hall–Kier alpha value is -1.12. The Kier molecular flexibility index (Phi) is 3.09. The molecule has 1 heterocycles. The van der Waals surface area contributed by atoms with Gasteiger partial charge in [-0.05, 0) is 6.07 Å². The number of rotatable bonds is 1. The SMILES string of the molecule is C=CC1(O)CC=Nc2ccccc21.Cl. The zero-order chi connectivity index (χ0) is 9.31. The fourth-order valence-corrected chi connectivity index (χ4v) is 1.54. The highest BCUT2D eigenvalue weighted by Gasteiger charge is 2.29.